The van der Waals surface area contributed by atoms with Gasteiger partial charge >= 0.3 is 0 Å². The predicted molar refractivity (Wildman–Crippen MR) is 66.0 cm³/mol. The van der Waals surface area contributed by atoms with Gasteiger partial charge in [0, 0.05) is 0 Å². The summed E-state index contributed by atoms with van der Waals surface area (Å²) in [5.41, 5.74) is 2.07. The summed E-state index contributed by atoms with van der Waals surface area (Å²) >= 11 is 0. The molecule has 0 aromatic heterocycles. The standard InChI is InChI=1S/C15H24O/c1-9(2)13(16)5-6-14(3)10-7-11-12(8-10)15(11,14)4/h10-13,16H,1,5-8H2,2-4H3/t10?,11?,12?,13-,14?,15?/m0/s1. The summed E-state index contributed by atoms with van der Waals surface area (Å²) in [6, 6.07) is 0. The highest BCUT2D eigenvalue weighted by atomic mass is 16.3. The van der Waals surface area contributed by atoms with E-state index in [1.165, 1.54) is 19.3 Å². The van der Waals surface area contributed by atoms with E-state index in [0.29, 0.717) is 10.8 Å². The van der Waals surface area contributed by atoms with Crippen LogP contribution >= 0.6 is 0 Å². The lowest BCUT2D eigenvalue weighted by Crippen LogP contribution is -2.28. The molecule has 0 aromatic rings. The zero-order valence-corrected chi connectivity index (χ0v) is 10.8. The summed E-state index contributed by atoms with van der Waals surface area (Å²) in [5, 5.41) is 9.89. The van der Waals surface area contributed by atoms with E-state index in [-0.39, 0.29) is 6.10 Å². The Hall–Kier alpha value is -0.300. The summed E-state index contributed by atoms with van der Waals surface area (Å²) in [5.74, 6) is 3.01. The molecular weight excluding hydrogens is 196 g/mol. The van der Waals surface area contributed by atoms with Gasteiger partial charge in [0.1, 0.15) is 0 Å². The number of aliphatic hydroxyl groups is 1. The Morgan fingerprint density at radius 3 is 2.31 bits per heavy atom. The molecule has 4 bridgehead atoms. The van der Waals surface area contributed by atoms with Crippen LogP contribution in [0.25, 0.3) is 0 Å². The minimum absolute atomic E-state index is 0.282. The predicted octanol–water partition coefficient (Wildman–Crippen LogP) is 3.39. The Morgan fingerprint density at radius 1 is 1.38 bits per heavy atom. The van der Waals surface area contributed by atoms with Gasteiger partial charge in [0.25, 0.3) is 0 Å². The van der Waals surface area contributed by atoms with Crippen LogP contribution in [0.15, 0.2) is 12.2 Å². The highest BCUT2D eigenvalue weighted by Gasteiger charge is 2.80. The lowest BCUT2D eigenvalue weighted by Gasteiger charge is -2.35. The molecule has 0 heterocycles. The van der Waals surface area contributed by atoms with Gasteiger partial charge in [-0.05, 0) is 61.2 Å². The second-order valence-corrected chi connectivity index (χ2v) is 6.98. The van der Waals surface area contributed by atoms with E-state index >= 15 is 0 Å². The highest BCUT2D eigenvalue weighted by molar-refractivity contribution is 5.28. The van der Waals surface area contributed by atoms with Gasteiger partial charge in [0.2, 0.25) is 0 Å². The number of hydrogen-bond donors (Lipinski definition) is 1. The molecule has 4 rings (SSSR count). The van der Waals surface area contributed by atoms with Crippen molar-refractivity contribution in [1.29, 1.82) is 0 Å². The molecule has 0 spiro atoms. The average Bonchev–Trinajstić information content (AvgIpc) is 2.58. The van der Waals surface area contributed by atoms with Gasteiger partial charge in [-0.25, -0.2) is 0 Å². The molecule has 0 aliphatic heterocycles. The molecule has 90 valence electrons. The third-order valence-electron chi connectivity index (χ3n) is 6.63. The topological polar surface area (TPSA) is 20.2 Å². The number of hydrogen-bond acceptors (Lipinski definition) is 1. The molecule has 4 fully saturated rings. The van der Waals surface area contributed by atoms with E-state index in [0.717, 1.165) is 29.7 Å². The van der Waals surface area contributed by atoms with Gasteiger partial charge in [0.15, 0.2) is 0 Å². The van der Waals surface area contributed by atoms with Crippen LogP contribution in [-0.4, -0.2) is 11.2 Å². The first-order valence-corrected chi connectivity index (χ1v) is 6.74. The fraction of sp³-hybridized carbons (Fsp3) is 0.867. The largest absolute Gasteiger partial charge is 0.389 e. The highest BCUT2D eigenvalue weighted by Crippen LogP contribution is 2.87. The minimum atomic E-state index is -0.282. The molecule has 1 N–H and O–H groups in total. The molecule has 1 heteroatoms. The fourth-order valence-electron chi connectivity index (χ4n) is 5.19. The van der Waals surface area contributed by atoms with Crippen LogP contribution in [0.4, 0.5) is 0 Å². The quantitative estimate of drug-likeness (QED) is 0.720. The zero-order chi connectivity index (χ0) is 11.7. The Kier molecular flexibility index (Phi) is 1.98. The maximum Gasteiger partial charge on any atom is 0.0745 e. The van der Waals surface area contributed by atoms with Gasteiger partial charge in [0.05, 0.1) is 6.10 Å². The zero-order valence-electron chi connectivity index (χ0n) is 10.8. The molecule has 4 saturated carbocycles. The Morgan fingerprint density at radius 2 is 1.94 bits per heavy atom. The summed E-state index contributed by atoms with van der Waals surface area (Å²) in [7, 11) is 0. The maximum atomic E-state index is 9.89. The first-order chi connectivity index (χ1) is 7.41. The van der Waals surface area contributed by atoms with Crippen molar-refractivity contribution < 1.29 is 5.11 Å². The smallest absolute Gasteiger partial charge is 0.0745 e. The second kappa shape index (κ2) is 2.93. The number of aliphatic hydroxyl groups excluding tert-OH is 1. The van der Waals surface area contributed by atoms with Crippen molar-refractivity contribution in [2.24, 2.45) is 28.6 Å². The normalized spacial score (nSPS) is 54.1. The van der Waals surface area contributed by atoms with E-state index in [9.17, 15) is 5.11 Å². The maximum absolute atomic E-state index is 9.89. The molecule has 0 amide bonds. The van der Waals surface area contributed by atoms with Gasteiger partial charge in [-0.15, -0.1) is 0 Å². The fourth-order valence-corrected chi connectivity index (χ4v) is 5.19. The van der Waals surface area contributed by atoms with E-state index in [4.69, 9.17) is 0 Å². The van der Waals surface area contributed by atoms with E-state index < -0.39 is 0 Å². The van der Waals surface area contributed by atoms with Crippen LogP contribution in [0.3, 0.4) is 0 Å². The summed E-state index contributed by atoms with van der Waals surface area (Å²) in [4.78, 5) is 0. The van der Waals surface area contributed by atoms with Crippen LogP contribution < -0.4 is 0 Å². The van der Waals surface area contributed by atoms with E-state index in [1.54, 1.807) is 0 Å². The van der Waals surface area contributed by atoms with Crippen molar-refractivity contribution in [3.05, 3.63) is 12.2 Å². The van der Waals surface area contributed by atoms with Gasteiger partial charge in [-0.2, -0.15) is 0 Å². The van der Waals surface area contributed by atoms with Crippen molar-refractivity contribution in [2.75, 3.05) is 0 Å². The Labute approximate surface area is 98.9 Å². The lowest BCUT2D eigenvalue weighted by atomic mass is 9.70. The van der Waals surface area contributed by atoms with Crippen LogP contribution in [-0.2, 0) is 0 Å². The van der Waals surface area contributed by atoms with Gasteiger partial charge in [-0.1, -0.05) is 26.0 Å². The molecule has 0 aromatic carbocycles. The van der Waals surface area contributed by atoms with Gasteiger partial charge in [-0.3, -0.25) is 0 Å². The third-order valence-corrected chi connectivity index (χ3v) is 6.63. The summed E-state index contributed by atoms with van der Waals surface area (Å²) in [6.45, 7) is 10.8. The third kappa shape index (κ3) is 1.01. The van der Waals surface area contributed by atoms with E-state index in [1.807, 2.05) is 6.92 Å². The average molecular weight is 220 g/mol. The SMILES string of the molecule is C=C(C)[C@@H](O)CCC1(C)C2CC3C(C2)C31C. The Balaban J connectivity index is 1.70. The molecular formula is C15H24O. The van der Waals surface area contributed by atoms with Gasteiger partial charge < -0.3 is 5.11 Å². The minimum Gasteiger partial charge on any atom is -0.389 e. The first-order valence-electron chi connectivity index (χ1n) is 6.74. The van der Waals surface area contributed by atoms with Crippen LogP contribution in [0.1, 0.15) is 46.5 Å². The van der Waals surface area contributed by atoms with Crippen molar-refractivity contribution in [3.63, 3.8) is 0 Å². The molecule has 1 nitrogen and oxygen atoms in total. The summed E-state index contributed by atoms with van der Waals surface area (Å²) < 4.78 is 0. The second-order valence-electron chi connectivity index (χ2n) is 6.98. The van der Waals surface area contributed by atoms with Crippen molar-refractivity contribution >= 4 is 0 Å². The summed E-state index contributed by atoms with van der Waals surface area (Å²) in [6.07, 6.45) is 4.77. The first kappa shape index (κ1) is 10.8. The lowest BCUT2D eigenvalue weighted by molar-refractivity contribution is 0.112. The molecule has 3 unspecified atom stereocenters. The molecule has 0 radical (unpaired) electrons. The Bertz CT molecular complexity index is 333. The number of rotatable bonds is 4. The van der Waals surface area contributed by atoms with Crippen LogP contribution in [0, 0.1) is 28.6 Å². The molecule has 16 heavy (non-hydrogen) atoms. The van der Waals surface area contributed by atoms with E-state index in [2.05, 4.69) is 20.4 Å². The monoisotopic (exact) mass is 220 g/mol. The molecule has 4 aliphatic carbocycles. The van der Waals surface area contributed by atoms with Crippen LogP contribution in [0.2, 0.25) is 0 Å². The molecule has 4 atom stereocenters. The molecule has 4 aliphatic rings. The molecule has 0 saturated heterocycles. The van der Waals surface area contributed by atoms with Crippen LogP contribution in [0.5, 0.6) is 0 Å². The van der Waals surface area contributed by atoms with Crippen molar-refractivity contribution in [1.82, 2.24) is 0 Å². The van der Waals surface area contributed by atoms with Crippen molar-refractivity contribution in [3.8, 4) is 0 Å². The van der Waals surface area contributed by atoms with Crippen molar-refractivity contribution in [2.45, 2.75) is 52.6 Å².